The fraction of sp³-hybridized carbons (Fsp3) is 0.217. The molecule has 0 aliphatic heterocycles. The van der Waals surface area contributed by atoms with Crippen molar-refractivity contribution in [2.45, 2.75) is 58.9 Å². The van der Waals surface area contributed by atoms with Crippen LogP contribution in [0.25, 0.3) is 49.7 Å². The van der Waals surface area contributed by atoms with E-state index >= 15 is 0 Å². The number of hydrogen-bond acceptors (Lipinski definition) is 0. The van der Waals surface area contributed by atoms with Crippen LogP contribution >= 0.6 is 0 Å². The maximum atomic E-state index is 4.60. The second kappa shape index (κ2) is 14.5. The molecule has 0 radical (unpaired) electrons. The van der Waals surface area contributed by atoms with Crippen LogP contribution in [0.5, 0.6) is 0 Å². The highest BCUT2D eigenvalue weighted by atomic mass is 15.0. The monoisotopic (exact) mass is 627 g/mol. The number of nitrogens with two attached hydrogens (primary N) is 1. The number of benzene rings is 5. The third-order valence-corrected chi connectivity index (χ3v) is 9.98. The topological polar surface area (TPSA) is 21.5 Å². The van der Waals surface area contributed by atoms with Crippen LogP contribution in [0, 0.1) is 0 Å². The second-order valence-electron chi connectivity index (χ2n) is 13.2. The van der Waals surface area contributed by atoms with E-state index < -0.39 is 0 Å². The Morgan fingerprint density at radius 2 is 1.48 bits per heavy atom. The highest BCUT2D eigenvalue weighted by molar-refractivity contribution is 6.10. The molecular formula is C46H47N2+. The minimum absolute atomic E-state index is 1.02. The van der Waals surface area contributed by atoms with Gasteiger partial charge in [0.05, 0.1) is 11.9 Å². The number of quaternary nitrogens is 1. The largest absolute Gasteiger partial charge is 0.340 e. The Morgan fingerprint density at radius 1 is 0.750 bits per heavy atom. The highest BCUT2D eigenvalue weighted by Crippen LogP contribution is 2.40. The predicted octanol–water partition coefficient (Wildman–Crippen LogP) is 10.7. The fourth-order valence-corrected chi connectivity index (χ4v) is 7.55. The van der Waals surface area contributed by atoms with E-state index in [1.54, 1.807) is 0 Å². The molecule has 48 heavy (non-hydrogen) atoms. The first-order valence-corrected chi connectivity index (χ1v) is 17.9. The summed E-state index contributed by atoms with van der Waals surface area (Å²) < 4.78 is 2.54. The molecule has 0 atom stereocenters. The molecule has 5 aromatic carbocycles. The summed E-state index contributed by atoms with van der Waals surface area (Å²) in [5.41, 5.74) is 10.3. The molecule has 0 spiro atoms. The molecule has 1 heterocycles. The zero-order chi connectivity index (χ0) is 32.9. The molecule has 240 valence electrons. The van der Waals surface area contributed by atoms with Crippen molar-refractivity contribution in [2.24, 2.45) is 0 Å². The summed E-state index contributed by atoms with van der Waals surface area (Å²) in [5, 5.41) is 10.3. The Bertz CT molecular complexity index is 2230. The van der Waals surface area contributed by atoms with E-state index in [2.05, 4.69) is 158 Å². The van der Waals surface area contributed by atoms with E-state index in [-0.39, 0.29) is 0 Å². The Labute approximate surface area is 285 Å². The summed E-state index contributed by atoms with van der Waals surface area (Å²) in [6.07, 6.45) is 16.2. The number of hydrogen-bond donors (Lipinski definition) is 1. The van der Waals surface area contributed by atoms with Crippen molar-refractivity contribution in [3.63, 3.8) is 0 Å². The standard InChI is InChI=1S/C46H46N2/c1-4-6-31-47-41-23-13-19-35-17-11-21-39(45(35)41)33(3)25-26-37-27-28-38(44(37)34-15-9-8-10-16-34)29-30-42-40-22-12-18-36-20-14-24-43(46(36)40)48(42)32-7-5-2/h8-26,29-30,47H,3-7,27-28,31-32H2,1-2H3/p+1/b26-25+,38-29+,42-30+. The van der Waals surface area contributed by atoms with Crippen molar-refractivity contribution in [1.29, 1.82) is 0 Å². The van der Waals surface area contributed by atoms with Gasteiger partial charge in [0.2, 0.25) is 0 Å². The van der Waals surface area contributed by atoms with E-state index in [1.807, 2.05) is 0 Å². The summed E-state index contributed by atoms with van der Waals surface area (Å²) in [5.74, 6) is 0. The summed E-state index contributed by atoms with van der Waals surface area (Å²) in [6.45, 7) is 11.3. The Hall–Kier alpha value is -4.92. The van der Waals surface area contributed by atoms with Crippen LogP contribution in [-0.2, 0) is 6.54 Å². The predicted molar refractivity (Wildman–Crippen MR) is 208 cm³/mol. The van der Waals surface area contributed by atoms with Crippen molar-refractivity contribution >= 4 is 55.4 Å². The van der Waals surface area contributed by atoms with Gasteiger partial charge in [-0.1, -0.05) is 142 Å². The number of nitrogens with zero attached hydrogens (tertiary/aromatic N) is 1. The molecule has 0 fully saturated rings. The average Bonchev–Trinajstić information content (AvgIpc) is 3.68. The van der Waals surface area contributed by atoms with Crippen molar-refractivity contribution in [3.05, 3.63) is 156 Å². The first kappa shape index (κ1) is 31.7. The highest BCUT2D eigenvalue weighted by Gasteiger charge is 2.20. The molecule has 1 aliphatic rings. The quantitative estimate of drug-likeness (QED) is 0.0792. The molecule has 7 rings (SSSR count). The van der Waals surface area contributed by atoms with Crippen molar-refractivity contribution in [1.82, 2.24) is 4.57 Å². The van der Waals surface area contributed by atoms with E-state index in [4.69, 9.17) is 0 Å². The van der Waals surface area contributed by atoms with Crippen LogP contribution in [0.1, 0.15) is 63.5 Å². The van der Waals surface area contributed by atoms with Gasteiger partial charge in [0.25, 0.3) is 0 Å². The van der Waals surface area contributed by atoms with Crippen molar-refractivity contribution in [2.75, 3.05) is 6.54 Å². The number of fused-ring (bicyclic) bond motifs is 1. The molecule has 0 bridgehead atoms. The van der Waals surface area contributed by atoms with Gasteiger partial charge in [0, 0.05) is 28.2 Å². The molecule has 6 aromatic rings. The molecule has 1 aliphatic carbocycles. The molecular weight excluding hydrogens is 581 g/mol. The molecule has 2 heteroatoms. The Morgan fingerprint density at radius 3 is 2.27 bits per heavy atom. The van der Waals surface area contributed by atoms with Gasteiger partial charge in [-0.2, -0.15) is 0 Å². The van der Waals surface area contributed by atoms with E-state index in [1.165, 1.54) is 97.0 Å². The first-order valence-electron chi connectivity index (χ1n) is 17.9. The van der Waals surface area contributed by atoms with Crippen LogP contribution in [0.3, 0.4) is 0 Å². The number of rotatable bonds is 12. The molecule has 0 amide bonds. The van der Waals surface area contributed by atoms with Crippen LogP contribution in [0.2, 0.25) is 0 Å². The third kappa shape index (κ3) is 6.21. The van der Waals surface area contributed by atoms with Crippen LogP contribution in [-0.4, -0.2) is 11.1 Å². The lowest BCUT2D eigenvalue weighted by molar-refractivity contribution is -0.570. The third-order valence-electron chi connectivity index (χ3n) is 9.98. The zero-order valence-electron chi connectivity index (χ0n) is 28.5. The van der Waals surface area contributed by atoms with Crippen molar-refractivity contribution < 1.29 is 5.32 Å². The fourth-order valence-electron chi connectivity index (χ4n) is 7.55. The van der Waals surface area contributed by atoms with Gasteiger partial charge in [0.1, 0.15) is 5.69 Å². The molecule has 0 saturated heterocycles. The average molecular weight is 628 g/mol. The number of allylic oxidation sites excluding steroid dienone is 7. The molecule has 1 aromatic heterocycles. The van der Waals surface area contributed by atoms with Gasteiger partial charge in [-0.25, -0.2) is 0 Å². The summed E-state index contributed by atoms with van der Waals surface area (Å²) >= 11 is 0. The van der Waals surface area contributed by atoms with E-state index in [0.29, 0.717) is 0 Å². The van der Waals surface area contributed by atoms with E-state index in [0.717, 1.165) is 31.5 Å². The number of aromatic nitrogens is 1. The van der Waals surface area contributed by atoms with Gasteiger partial charge in [-0.15, -0.1) is 0 Å². The van der Waals surface area contributed by atoms with Gasteiger partial charge in [-0.3, -0.25) is 0 Å². The van der Waals surface area contributed by atoms with Crippen LogP contribution < -0.4 is 10.7 Å². The summed E-state index contributed by atoms with van der Waals surface area (Å²) in [6, 6.07) is 37.7. The lowest BCUT2D eigenvalue weighted by Gasteiger charge is -2.11. The Kier molecular flexibility index (Phi) is 9.54. The lowest BCUT2D eigenvalue weighted by atomic mass is 9.95. The van der Waals surface area contributed by atoms with Gasteiger partial charge in [-0.05, 0) is 88.1 Å². The van der Waals surface area contributed by atoms with Gasteiger partial charge in [0.15, 0.2) is 0 Å². The maximum absolute atomic E-state index is 4.60. The lowest BCUT2D eigenvalue weighted by Crippen LogP contribution is -2.78. The molecule has 2 N–H and O–H groups in total. The minimum Gasteiger partial charge on any atom is -0.340 e. The minimum atomic E-state index is 1.02. The molecule has 0 unspecified atom stereocenters. The second-order valence-corrected chi connectivity index (χ2v) is 13.2. The normalized spacial score (nSPS) is 15.0. The maximum Gasteiger partial charge on any atom is 0.138 e. The first-order chi connectivity index (χ1) is 23.7. The smallest absolute Gasteiger partial charge is 0.138 e. The number of unbranched alkanes of at least 4 members (excludes halogenated alkanes) is 2. The van der Waals surface area contributed by atoms with Gasteiger partial charge >= 0.3 is 0 Å². The summed E-state index contributed by atoms with van der Waals surface area (Å²) in [7, 11) is 0. The molecule has 2 nitrogen and oxygen atoms in total. The zero-order valence-corrected chi connectivity index (χ0v) is 28.5. The SMILES string of the molecule is C=C(/C=C/C1=C(c2ccccc2)C(=C/C=c2\c3cccc4cccc(c43)n2CCCC)/CC1)c1cccc2cccc([NH2+]CCCC)c12. The molecule has 0 saturated carbocycles. The van der Waals surface area contributed by atoms with Gasteiger partial charge < -0.3 is 9.88 Å². The van der Waals surface area contributed by atoms with Crippen molar-refractivity contribution in [3.8, 4) is 0 Å². The Balaban J connectivity index is 1.30. The van der Waals surface area contributed by atoms with Crippen LogP contribution in [0.15, 0.2) is 139 Å². The summed E-state index contributed by atoms with van der Waals surface area (Å²) in [4.78, 5) is 0. The number of aryl methyl sites for hydroxylation is 1. The van der Waals surface area contributed by atoms with E-state index in [9.17, 15) is 0 Å². The van der Waals surface area contributed by atoms with Crippen LogP contribution in [0.4, 0.5) is 5.69 Å².